The molecule has 0 bridgehead atoms. The third-order valence-electron chi connectivity index (χ3n) is 4.27. The molecule has 0 radical (unpaired) electrons. The molecule has 5 nitrogen and oxygen atoms in total. The highest BCUT2D eigenvalue weighted by atomic mass is 32.2. The van der Waals surface area contributed by atoms with Crippen LogP contribution in [0, 0.1) is 0 Å². The van der Waals surface area contributed by atoms with Gasteiger partial charge in [-0.15, -0.1) is 0 Å². The maximum atomic E-state index is 12.8. The first-order chi connectivity index (χ1) is 11.3. The topological polar surface area (TPSA) is 66.8 Å². The minimum absolute atomic E-state index is 0.123. The maximum Gasteiger partial charge on any atom is 0.267 e. The van der Waals surface area contributed by atoms with Crippen LogP contribution in [0.2, 0.25) is 0 Å². The highest BCUT2D eigenvalue weighted by Gasteiger charge is 2.35. The Morgan fingerprint density at radius 1 is 1.04 bits per heavy atom. The predicted molar refractivity (Wildman–Crippen MR) is 93.0 cm³/mol. The van der Waals surface area contributed by atoms with E-state index in [-0.39, 0.29) is 17.2 Å². The number of sulfonamides is 1. The van der Waals surface area contributed by atoms with Crippen molar-refractivity contribution in [3.8, 4) is 0 Å². The normalized spacial score (nSPS) is 15.8. The van der Waals surface area contributed by atoms with E-state index in [0.717, 1.165) is 9.87 Å². The van der Waals surface area contributed by atoms with Gasteiger partial charge in [0.2, 0.25) is 0 Å². The Balaban J connectivity index is 1.89. The molecule has 24 heavy (non-hydrogen) atoms. The van der Waals surface area contributed by atoms with Crippen molar-refractivity contribution in [2.24, 2.45) is 4.99 Å². The SMILES string of the molecule is CC(C)(C(=O)CN1C=Nc2ccccc2S1(=O)=O)c1ccccc1. The minimum atomic E-state index is -3.76. The van der Waals surface area contributed by atoms with Gasteiger partial charge in [0, 0.05) is 0 Å². The van der Waals surface area contributed by atoms with Gasteiger partial charge in [-0.05, 0) is 31.5 Å². The molecule has 124 valence electrons. The second-order valence-corrected chi connectivity index (χ2v) is 8.04. The molecule has 0 aliphatic carbocycles. The summed E-state index contributed by atoms with van der Waals surface area (Å²) in [6, 6.07) is 15.8. The van der Waals surface area contributed by atoms with E-state index in [0.29, 0.717) is 5.69 Å². The standard InChI is InChI=1S/C18H18N2O3S/c1-18(2,14-8-4-3-5-9-14)17(21)12-20-13-19-15-10-6-7-11-16(15)24(20,22)23/h3-11,13H,12H2,1-2H3. The van der Waals surface area contributed by atoms with Crippen LogP contribution in [0.3, 0.4) is 0 Å². The number of para-hydroxylation sites is 1. The fourth-order valence-corrected chi connectivity index (χ4v) is 3.92. The first-order valence-corrected chi connectivity index (χ1v) is 9.01. The quantitative estimate of drug-likeness (QED) is 0.858. The molecule has 0 saturated carbocycles. The number of aliphatic imine (C=N–C) groups is 1. The van der Waals surface area contributed by atoms with Crippen LogP contribution in [-0.2, 0) is 20.2 Å². The van der Waals surface area contributed by atoms with Crippen molar-refractivity contribution < 1.29 is 13.2 Å². The van der Waals surface area contributed by atoms with Gasteiger partial charge < -0.3 is 0 Å². The monoisotopic (exact) mass is 342 g/mol. The van der Waals surface area contributed by atoms with Crippen LogP contribution in [0.5, 0.6) is 0 Å². The summed E-state index contributed by atoms with van der Waals surface area (Å²) in [6.45, 7) is 3.35. The molecule has 2 aromatic carbocycles. The molecule has 0 N–H and O–H groups in total. The number of nitrogens with zero attached hydrogens (tertiary/aromatic N) is 2. The Morgan fingerprint density at radius 2 is 1.67 bits per heavy atom. The maximum absolute atomic E-state index is 12.8. The Hall–Kier alpha value is -2.47. The van der Waals surface area contributed by atoms with Crippen molar-refractivity contribution >= 4 is 27.8 Å². The van der Waals surface area contributed by atoms with Gasteiger partial charge in [0.25, 0.3) is 10.0 Å². The average Bonchev–Trinajstić information content (AvgIpc) is 2.58. The summed E-state index contributed by atoms with van der Waals surface area (Å²) in [7, 11) is -3.76. The third-order valence-corrected chi connectivity index (χ3v) is 6.01. The van der Waals surface area contributed by atoms with E-state index in [1.165, 1.54) is 12.4 Å². The second kappa shape index (κ2) is 5.87. The number of hydrogen-bond acceptors (Lipinski definition) is 4. The van der Waals surface area contributed by atoms with E-state index in [9.17, 15) is 13.2 Å². The van der Waals surface area contributed by atoms with E-state index in [2.05, 4.69) is 4.99 Å². The van der Waals surface area contributed by atoms with Crippen LogP contribution in [-0.4, -0.2) is 31.4 Å². The molecule has 0 fully saturated rings. The minimum Gasteiger partial charge on any atom is -0.297 e. The zero-order chi connectivity index (χ0) is 17.4. The lowest BCUT2D eigenvalue weighted by Gasteiger charge is -2.29. The van der Waals surface area contributed by atoms with E-state index < -0.39 is 15.4 Å². The summed E-state index contributed by atoms with van der Waals surface area (Å²) in [5, 5.41) is 0. The van der Waals surface area contributed by atoms with Crippen LogP contribution in [0.1, 0.15) is 19.4 Å². The Kier molecular flexibility index (Phi) is 4.01. The van der Waals surface area contributed by atoms with Gasteiger partial charge in [0.15, 0.2) is 5.78 Å². The van der Waals surface area contributed by atoms with E-state index >= 15 is 0 Å². The van der Waals surface area contributed by atoms with Crippen LogP contribution in [0.15, 0.2) is 64.5 Å². The average molecular weight is 342 g/mol. The number of carbonyl (C=O) groups is 1. The fraction of sp³-hybridized carbons (Fsp3) is 0.222. The number of benzene rings is 2. The van der Waals surface area contributed by atoms with Gasteiger partial charge >= 0.3 is 0 Å². The van der Waals surface area contributed by atoms with E-state index in [1.54, 1.807) is 32.0 Å². The fourth-order valence-electron chi connectivity index (χ4n) is 2.58. The van der Waals surface area contributed by atoms with Crippen LogP contribution < -0.4 is 0 Å². The van der Waals surface area contributed by atoms with Crippen molar-refractivity contribution in [2.45, 2.75) is 24.2 Å². The van der Waals surface area contributed by atoms with Crippen molar-refractivity contribution in [1.82, 2.24) is 4.31 Å². The summed E-state index contributed by atoms with van der Waals surface area (Å²) < 4.78 is 26.4. The van der Waals surface area contributed by atoms with E-state index in [1.807, 2.05) is 30.3 Å². The lowest BCUT2D eigenvalue weighted by molar-refractivity contribution is -0.123. The molecule has 0 unspecified atom stereocenters. The van der Waals surface area contributed by atoms with Gasteiger partial charge in [-0.3, -0.25) is 4.79 Å². The molecule has 0 spiro atoms. The molecule has 1 aliphatic rings. The lowest BCUT2D eigenvalue weighted by atomic mass is 9.80. The smallest absolute Gasteiger partial charge is 0.267 e. The molecule has 1 aliphatic heterocycles. The number of ketones is 1. The molecule has 0 aromatic heterocycles. The largest absolute Gasteiger partial charge is 0.297 e. The number of Topliss-reactive ketones (excluding diaryl/α,β-unsaturated/α-hetero) is 1. The number of carbonyl (C=O) groups excluding carboxylic acids is 1. The number of hydrogen-bond donors (Lipinski definition) is 0. The summed E-state index contributed by atoms with van der Waals surface area (Å²) >= 11 is 0. The molecule has 0 atom stereocenters. The second-order valence-electron chi connectivity index (χ2n) is 6.18. The zero-order valence-corrected chi connectivity index (χ0v) is 14.3. The van der Waals surface area contributed by atoms with Crippen molar-refractivity contribution in [3.05, 3.63) is 60.2 Å². The summed E-state index contributed by atoms with van der Waals surface area (Å²) in [5.74, 6) is -0.192. The molecule has 2 aromatic rings. The van der Waals surface area contributed by atoms with Crippen LogP contribution in [0.25, 0.3) is 0 Å². The Labute approximate surface area is 141 Å². The molecule has 6 heteroatoms. The molecular formula is C18H18N2O3S. The van der Waals surface area contributed by atoms with Crippen LogP contribution in [0.4, 0.5) is 5.69 Å². The van der Waals surface area contributed by atoms with Crippen LogP contribution >= 0.6 is 0 Å². The molecular weight excluding hydrogens is 324 g/mol. The van der Waals surface area contributed by atoms with Crippen molar-refractivity contribution in [1.29, 1.82) is 0 Å². The summed E-state index contributed by atoms with van der Waals surface area (Å²) in [4.78, 5) is 17.0. The Morgan fingerprint density at radius 3 is 2.38 bits per heavy atom. The van der Waals surface area contributed by atoms with Gasteiger partial charge in [-0.25, -0.2) is 17.7 Å². The van der Waals surface area contributed by atoms with E-state index in [4.69, 9.17) is 0 Å². The lowest BCUT2D eigenvalue weighted by Crippen LogP contribution is -2.42. The number of fused-ring (bicyclic) bond motifs is 1. The molecule has 3 rings (SSSR count). The first kappa shape index (κ1) is 16.4. The van der Waals surface area contributed by atoms with Gasteiger partial charge in [-0.2, -0.15) is 0 Å². The highest BCUT2D eigenvalue weighted by molar-refractivity contribution is 7.89. The Bertz CT molecular complexity index is 903. The highest BCUT2D eigenvalue weighted by Crippen LogP contribution is 2.31. The molecule has 0 amide bonds. The van der Waals surface area contributed by atoms with Gasteiger partial charge in [0.1, 0.15) is 11.2 Å². The third kappa shape index (κ3) is 2.73. The van der Waals surface area contributed by atoms with Gasteiger partial charge in [-0.1, -0.05) is 42.5 Å². The van der Waals surface area contributed by atoms with Gasteiger partial charge in [0.05, 0.1) is 17.6 Å². The summed E-state index contributed by atoms with van der Waals surface area (Å²) in [6.07, 6.45) is 1.22. The number of rotatable bonds is 4. The first-order valence-electron chi connectivity index (χ1n) is 7.57. The summed E-state index contributed by atoms with van der Waals surface area (Å²) in [5.41, 5.74) is 0.451. The molecule has 0 saturated heterocycles. The van der Waals surface area contributed by atoms with Crippen molar-refractivity contribution in [2.75, 3.05) is 6.54 Å². The predicted octanol–water partition coefficient (Wildman–Crippen LogP) is 2.90. The molecule has 1 heterocycles. The van der Waals surface area contributed by atoms with Crippen molar-refractivity contribution in [3.63, 3.8) is 0 Å². The zero-order valence-electron chi connectivity index (χ0n) is 13.5.